The van der Waals surface area contributed by atoms with Gasteiger partial charge in [0.2, 0.25) is 0 Å². The zero-order chi connectivity index (χ0) is 36.7. The van der Waals surface area contributed by atoms with E-state index in [4.69, 9.17) is 19.1 Å². The van der Waals surface area contributed by atoms with Gasteiger partial charge in [-0.3, -0.25) is 4.98 Å². The Bertz CT molecular complexity index is 3090. The molecule has 0 bridgehead atoms. The number of nitrogens with zero attached hydrogens (tertiary/aromatic N) is 4. The number of rotatable bonds is 5. The molecule has 7 heteroatoms. The van der Waals surface area contributed by atoms with Gasteiger partial charge in [-0.15, -0.1) is 17.5 Å². The van der Waals surface area contributed by atoms with Gasteiger partial charge in [-0.2, -0.15) is 6.07 Å². The fourth-order valence-corrected chi connectivity index (χ4v) is 7.86. The Balaban J connectivity index is 0.00000397. The number of hydrogen-bond acceptors (Lipinski definition) is 4. The van der Waals surface area contributed by atoms with E-state index in [1.54, 1.807) is 0 Å². The second-order valence-electron chi connectivity index (χ2n) is 15.0. The van der Waals surface area contributed by atoms with Crippen molar-refractivity contribution in [2.75, 3.05) is 0 Å². The van der Waals surface area contributed by atoms with Crippen molar-refractivity contribution >= 4 is 54.8 Å². The molecule has 0 aliphatic carbocycles. The molecule has 0 atom stereocenters. The van der Waals surface area contributed by atoms with E-state index in [9.17, 15) is 0 Å². The largest absolute Gasteiger partial charge is 2.00 e. The van der Waals surface area contributed by atoms with E-state index in [0.29, 0.717) is 17.1 Å². The maximum atomic E-state index is 6.74. The molecule has 0 aliphatic rings. The maximum absolute atomic E-state index is 6.74. The Labute approximate surface area is 333 Å². The van der Waals surface area contributed by atoms with E-state index in [1.165, 1.54) is 5.56 Å². The Morgan fingerprint density at radius 1 is 0.655 bits per heavy atom. The average molecular weight is 896 g/mol. The number of fused-ring (bicyclic) bond motifs is 7. The molecule has 0 saturated heterocycles. The first-order valence-electron chi connectivity index (χ1n) is 18.3. The summed E-state index contributed by atoms with van der Waals surface area (Å²) in [5, 5.41) is 4.12. The van der Waals surface area contributed by atoms with Crippen molar-refractivity contribution < 1.29 is 30.2 Å². The van der Waals surface area contributed by atoms with Crippen molar-refractivity contribution in [2.24, 2.45) is 0 Å². The van der Waals surface area contributed by atoms with Crippen LogP contribution >= 0.6 is 0 Å². The Hall–Kier alpha value is -5.97. The molecule has 6 aromatic carbocycles. The topological polar surface area (TPSA) is 58.0 Å². The molecule has 0 spiro atoms. The first kappa shape index (κ1) is 34.8. The van der Waals surface area contributed by atoms with Crippen LogP contribution < -0.4 is 4.74 Å². The summed E-state index contributed by atoms with van der Waals surface area (Å²) < 4.78 is 17.7. The number of aromatic nitrogens is 4. The van der Waals surface area contributed by atoms with E-state index in [2.05, 4.69) is 141 Å². The molecule has 0 saturated carbocycles. The van der Waals surface area contributed by atoms with Crippen LogP contribution in [0.1, 0.15) is 37.5 Å². The minimum Gasteiger partial charge on any atom is -0.503 e. The predicted octanol–water partition coefficient (Wildman–Crippen LogP) is 12.4. The zero-order valence-electron chi connectivity index (χ0n) is 31.0. The minimum absolute atomic E-state index is 0. The summed E-state index contributed by atoms with van der Waals surface area (Å²) in [7, 11) is 0. The van der Waals surface area contributed by atoms with Gasteiger partial charge in [0.05, 0.1) is 22.4 Å². The number of ether oxygens (including phenoxy) is 1. The van der Waals surface area contributed by atoms with E-state index in [-0.39, 0.29) is 26.5 Å². The van der Waals surface area contributed by atoms with Crippen LogP contribution in [-0.2, 0) is 26.5 Å². The van der Waals surface area contributed by atoms with Gasteiger partial charge >= 0.3 is 21.1 Å². The van der Waals surface area contributed by atoms with Crippen LogP contribution in [0.5, 0.6) is 11.5 Å². The van der Waals surface area contributed by atoms with Crippen LogP contribution in [0.25, 0.3) is 77.7 Å². The van der Waals surface area contributed by atoms with E-state index in [1.807, 2.05) is 42.6 Å². The van der Waals surface area contributed by atoms with Gasteiger partial charge in [0.25, 0.3) is 0 Å². The quantitative estimate of drug-likeness (QED) is 0.162. The molecule has 10 aromatic rings. The number of imidazole rings is 1. The van der Waals surface area contributed by atoms with E-state index >= 15 is 0 Å². The number of hydrogen-bond donors (Lipinski definition) is 0. The molecule has 0 N–H and O–H groups in total. The summed E-state index contributed by atoms with van der Waals surface area (Å²) in [5.41, 5.74) is 10.7. The van der Waals surface area contributed by atoms with E-state index < -0.39 is 0 Å². The molecule has 0 unspecified atom stereocenters. The summed E-state index contributed by atoms with van der Waals surface area (Å²) in [6.07, 6.45) is 1.89. The summed E-state index contributed by atoms with van der Waals surface area (Å²) in [5.74, 6) is 2.66. The second-order valence-corrected chi connectivity index (χ2v) is 15.0. The number of pyridine rings is 1. The molecule has 0 radical (unpaired) electrons. The third-order valence-electron chi connectivity index (χ3n) is 10.4. The van der Waals surface area contributed by atoms with Crippen molar-refractivity contribution in [1.29, 1.82) is 0 Å². The smallest absolute Gasteiger partial charge is 0.503 e. The number of furan rings is 1. The zero-order valence-corrected chi connectivity index (χ0v) is 33.3. The van der Waals surface area contributed by atoms with Gasteiger partial charge in [0, 0.05) is 28.9 Å². The van der Waals surface area contributed by atoms with Gasteiger partial charge in [0.1, 0.15) is 11.4 Å². The van der Waals surface area contributed by atoms with Crippen molar-refractivity contribution in [3.05, 3.63) is 156 Å². The van der Waals surface area contributed by atoms with Crippen LogP contribution in [-0.4, -0.2) is 19.1 Å². The van der Waals surface area contributed by atoms with Crippen LogP contribution in [0.2, 0.25) is 0 Å². The summed E-state index contributed by atoms with van der Waals surface area (Å²) in [6, 6.07) is 48.8. The molecule has 0 fully saturated rings. The average Bonchev–Trinajstić information content (AvgIpc) is 3.84. The predicted molar refractivity (Wildman–Crippen MR) is 218 cm³/mol. The maximum Gasteiger partial charge on any atom is 2.00 e. The molecule has 4 heterocycles. The summed E-state index contributed by atoms with van der Waals surface area (Å²) in [4.78, 5) is 10.1. The Kier molecular flexibility index (Phi) is 8.29. The molecule has 55 heavy (non-hydrogen) atoms. The fraction of sp³-hybridized carbons (Fsp3) is 0.125. The summed E-state index contributed by atoms with van der Waals surface area (Å²) in [6.45, 7) is 10.9. The van der Waals surface area contributed by atoms with Gasteiger partial charge in [-0.25, -0.2) is 4.98 Å². The number of benzene rings is 6. The fourth-order valence-electron chi connectivity index (χ4n) is 7.86. The molecular weight excluding hydrogens is 860 g/mol. The molecule has 270 valence electrons. The van der Waals surface area contributed by atoms with Crippen molar-refractivity contribution in [3.8, 4) is 34.4 Å². The Morgan fingerprint density at radius 3 is 2.18 bits per heavy atom. The van der Waals surface area contributed by atoms with Crippen molar-refractivity contribution in [1.82, 2.24) is 19.1 Å². The monoisotopic (exact) mass is 895 g/mol. The minimum atomic E-state index is -0.0320. The molecular formula is C48H36N4O2Pt. The van der Waals surface area contributed by atoms with Gasteiger partial charge in [0.15, 0.2) is 0 Å². The normalized spacial score (nSPS) is 11.9. The molecule has 0 aliphatic heterocycles. The standard InChI is InChI=1S/C48H36N4O2.Pt/c1-29-13-12-14-30(2)46(29)52-40-19-10-8-17-38(40)50-47(52)37-26-33(28-43-45(37)36-16-7-11-20-42(36)54-43)53-32-21-22-35-34-15-6-9-18-39(34)51(41(35)27-32)44-25-31(23-24-49-44)48(3,4)5;/h6-25,28H,1-5H3;/q-2;+2. The third kappa shape index (κ3) is 5.66. The SMILES string of the molecule is Cc1cccc(C)c1-n1c(-c2[c-]c(Oc3[c-]c4c(cc3)c3ccccc3n4-c3cc(C(C)(C)C)ccn3)cc3oc4ccccc4c23)nc2ccccc21.[Pt+2]. The molecule has 4 aromatic heterocycles. The third-order valence-corrected chi connectivity index (χ3v) is 10.4. The number of para-hydroxylation sites is 5. The molecule has 6 nitrogen and oxygen atoms in total. The Morgan fingerprint density at radius 2 is 1.38 bits per heavy atom. The van der Waals surface area contributed by atoms with Gasteiger partial charge in [-0.1, -0.05) is 116 Å². The summed E-state index contributed by atoms with van der Waals surface area (Å²) >= 11 is 0. The first-order valence-corrected chi connectivity index (χ1v) is 18.3. The molecule has 10 rings (SSSR count). The van der Waals surface area contributed by atoms with Gasteiger partial charge < -0.3 is 18.3 Å². The molecule has 0 amide bonds. The van der Waals surface area contributed by atoms with Crippen LogP contribution in [0.3, 0.4) is 0 Å². The van der Waals surface area contributed by atoms with Crippen LogP contribution in [0.15, 0.2) is 132 Å². The van der Waals surface area contributed by atoms with Crippen LogP contribution in [0, 0.1) is 26.0 Å². The van der Waals surface area contributed by atoms with Crippen molar-refractivity contribution in [2.45, 2.75) is 40.0 Å². The first-order chi connectivity index (χ1) is 26.2. The number of aryl methyl sites for hydroxylation is 2. The van der Waals surface area contributed by atoms with Crippen LogP contribution in [0.4, 0.5) is 0 Å². The second kappa shape index (κ2) is 13.1. The van der Waals surface area contributed by atoms with Gasteiger partial charge in [-0.05, 0) is 83.1 Å². The van der Waals surface area contributed by atoms with E-state index in [0.717, 1.165) is 83.2 Å². The van der Waals surface area contributed by atoms with Crippen molar-refractivity contribution in [3.63, 3.8) is 0 Å².